The number of nitrogens with two attached hydrogens (primary N) is 1. The molecule has 1 aliphatic rings. The third-order valence-corrected chi connectivity index (χ3v) is 5.10. The van der Waals surface area contributed by atoms with Crippen LogP contribution in [0.25, 0.3) is 10.1 Å². The second-order valence-electron chi connectivity index (χ2n) is 6.07. The van der Waals surface area contributed by atoms with Gasteiger partial charge in [0.15, 0.2) is 0 Å². The van der Waals surface area contributed by atoms with Gasteiger partial charge < -0.3 is 10.6 Å². The molecule has 2 N–H and O–H groups in total. The van der Waals surface area contributed by atoms with Crippen molar-refractivity contribution in [2.75, 3.05) is 12.3 Å². The summed E-state index contributed by atoms with van der Waals surface area (Å²) in [6.07, 6.45) is 2.21. The monoisotopic (exact) mass is 322 g/mol. The highest BCUT2D eigenvalue weighted by Crippen LogP contribution is 2.38. The third-order valence-electron chi connectivity index (χ3n) is 3.69. The number of amides is 1. The van der Waals surface area contributed by atoms with E-state index in [1.807, 2.05) is 23.1 Å². The molecule has 0 aliphatic heterocycles. The maximum atomic E-state index is 12.9. The highest BCUT2D eigenvalue weighted by Gasteiger charge is 2.34. The molecule has 1 aromatic heterocycles. The van der Waals surface area contributed by atoms with E-state index in [0.29, 0.717) is 27.5 Å². The van der Waals surface area contributed by atoms with Gasteiger partial charge in [0, 0.05) is 27.7 Å². The molecule has 1 saturated carbocycles. The quantitative estimate of drug-likeness (QED) is 0.907. The van der Waals surface area contributed by atoms with E-state index >= 15 is 0 Å². The van der Waals surface area contributed by atoms with Crippen molar-refractivity contribution in [1.29, 1.82) is 0 Å². The molecule has 2 aromatic rings. The minimum Gasteiger partial charge on any atom is -0.397 e. The summed E-state index contributed by atoms with van der Waals surface area (Å²) in [5.74, 6) is 0.528. The molecule has 0 atom stereocenters. The van der Waals surface area contributed by atoms with E-state index in [-0.39, 0.29) is 5.91 Å². The summed E-state index contributed by atoms with van der Waals surface area (Å²) in [7, 11) is 0. The topological polar surface area (TPSA) is 46.3 Å². The average Bonchev–Trinajstić information content (AvgIpc) is 3.21. The Hall–Kier alpha value is -1.26. The van der Waals surface area contributed by atoms with Crippen LogP contribution in [0.2, 0.25) is 5.02 Å². The van der Waals surface area contributed by atoms with Crippen LogP contribution >= 0.6 is 22.9 Å². The van der Waals surface area contributed by atoms with Crippen LogP contribution in [-0.2, 0) is 0 Å². The first-order valence-electron chi connectivity index (χ1n) is 7.26. The van der Waals surface area contributed by atoms with E-state index in [9.17, 15) is 4.79 Å². The molecule has 1 amide bonds. The number of hydrogen-bond acceptors (Lipinski definition) is 3. The molecule has 1 aliphatic carbocycles. The van der Waals surface area contributed by atoms with Crippen molar-refractivity contribution < 1.29 is 4.79 Å². The largest absolute Gasteiger partial charge is 0.397 e. The van der Waals surface area contributed by atoms with Crippen molar-refractivity contribution in [1.82, 2.24) is 4.90 Å². The van der Waals surface area contributed by atoms with Gasteiger partial charge in [0.25, 0.3) is 5.91 Å². The minimum atomic E-state index is 0.0704. The van der Waals surface area contributed by atoms with Gasteiger partial charge in [-0.15, -0.1) is 11.3 Å². The Morgan fingerprint density at radius 1 is 1.48 bits per heavy atom. The van der Waals surface area contributed by atoms with Crippen molar-refractivity contribution in [3.05, 3.63) is 28.1 Å². The zero-order valence-electron chi connectivity index (χ0n) is 12.2. The number of carbonyl (C=O) groups excluding carboxylic acids is 1. The van der Waals surface area contributed by atoms with Gasteiger partial charge in [-0.3, -0.25) is 4.79 Å². The van der Waals surface area contributed by atoms with E-state index < -0.39 is 0 Å². The first-order valence-corrected chi connectivity index (χ1v) is 8.45. The Kier molecular flexibility index (Phi) is 3.84. The third kappa shape index (κ3) is 2.87. The van der Waals surface area contributed by atoms with E-state index in [1.54, 1.807) is 0 Å². The van der Waals surface area contributed by atoms with E-state index in [2.05, 4.69) is 13.8 Å². The lowest BCUT2D eigenvalue weighted by Crippen LogP contribution is -2.36. The van der Waals surface area contributed by atoms with Crippen molar-refractivity contribution in [3.63, 3.8) is 0 Å². The van der Waals surface area contributed by atoms with Crippen LogP contribution in [0.1, 0.15) is 36.4 Å². The van der Waals surface area contributed by atoms with Crippen molar-refractivity contribution in [2.24, 2.45) is 5.92 Å². The molecular weight excluding hydrogens is 304 g/mol. The molecule has 0 saturated heterocycles. The zero-order valence-corrected chi connectivity index (χ0v) is 13.8. The van der Waals surface area contributed by atoms with E-state index in [0.717, 1.165) is 29.5 Å². The summed E-state index contributed by atoms with van der Waals surface area (Å²) in [5.41, 5.74) is 6.77. The number of fused-ring (bicyclic) bond motifs is 1. The first-order chi connectivity index (χ1) is 9.97. The first kappa shape index (κ1) is 14.7. The maximum absolute atomic E-state index is 12.9. The molecule has 0 radical (unpaired) electrons. The van der Waals surface area contributed by atoms with Gasteiger partial charge in [0.1, 0.15) is 4.88 Å². The molecule has 1 aromatic carbocycles. The molecule has 112 valence electrons. The normalized spacial score (nSPS) is 14.9. The fourth-order valence-corrected chi connectivity index (χ4v) is 3.79. The highest BCUT2D eigenvalue weighted by atomic mass is 35.5. The predicted molar refractivity (Wildman–Crippen MR) is 90.1 cm³/mol. The summed E-state index contributed by atoms with van der Waals surface area (Å²) in [6, 6.07) is 6.00. The van der Waals surface area contributed by atoms with Gasteiger partial charge in [-0.05, 0) is 37.0 Å². The summed E-state index contributed by atoms with van der Waals surface area (Å²) >= 11 is 7.49. The molecule has 5 heteroatoms. The minimum absolute atomic E-state index is 0.0704. The number of benzene rings is 1. The van der Waals surface area contributed by atoms with Crippen LogP contribution in [-0.4, -0.2) is 23.4 Å². The summed E-state index contributed by atoms with van der Waals surface area (Å²) in [4.78, 5) is 15.5. The summed E-state index contributed by atoms with van der Waals surface area (Å²) in [6.45, 7) is 5.06. The molecule has 0 bridgehead atoms. The van der Waals surface area contributed by atoms with Gasteiger partial charge in [-0.2, -0.15) is 0 Å². The fraction of sp³-hybridized carbons (Fsp3) is 0.438. The van der Waals surface area contributed by atoms with E-state index in [1.165, 1.54) is 11.3 Å². The lowest BCUT2D eigenvalue weighted by molar-refractivity contribution is 0.0728. The standard InChI is InChI=1S/C16H19ClN2OS/c1-9(2)8-19(11-4-5-11)16(20)15-14(18)12-7-10(17)3-6-13(12)21-15/h3,6-7,9,11H,4-5,8,18H2,1-2H3. The Bertz CT molecular complexity index is 691. The van der Waals surface area contributed by atoms with Crippen LogP contribution < -0.4 is 5.73 Å². The smallest absolute Gasteiger partial charge is 0.266 e. The van der Waals surface area contributed by atoms with Crippen LogP contribution in [0.5, 0.6) is 0 Å². The number of thiophene rings is 1. The fourth-order valence-electron chi connectivity index (χ4n) is 2.56. The molecule has 0 unspecified atom stereocenters. The summed E-state index contributed by atoms with van der Waals surface area (Å²) in [5, 5.41) is 1.53. The van der Waals surface area contributed by atoms with Crippen LogP contribution in [0.4, 0.5) is 5.69 Å². The number of hydrogen-bond donors (Lipinski definition) is 1. The van der Waals surface area contributed by atoms with E-state index in [4.69, 9.17) is 17.3 Å². The number of nitrogen functional groups attached to an aromatic ring is 1. The van der Waals surface area contributed by atoms with Crippen molar-refractivity contribution >= 4 is 44.6 Å². The zero-order chi connectivity index (χ0) is 15.1. The summed E-state index contributed by atoms with van der Waals surface area (Å²) < 4.78 is 1.01. The number of nitrogens with zero attached hydrogens (tertiary/aromatic N) is 1. The van der Waals surface area contributed by atoms with Crippen LogP contribution in [0.15, 0.2) is 18.2 Å². The Labute approximate surface area is 133 Å². The average molecular weight is 323 g/mol. The number of carbonyl (C=O) groups is 1. The van der Waals surface area contributed by atoms with Gasteiger partial charge in [-0.1, -0.05) is 25.4 Å². The Morgan fingerprint density at radius 3 is 2.81 bits per heavy atom. The molecule has 21 heavy (non-hydrogen) atoms. The lowest BCUT2D eigenvalue weighted by Gasteiger charge is -2.24. The molecular formula is C16H19ClN2OS. The predicted octanol–water partition coefficient (Wildman–Crippen LogP) is 4.40. The number of halogens is 1. The number of rotatable bonds is 4. The SMILES string of the molecule is CC(C)CN(C(=O)c1sc2ccc(Cl)cc2c1N)C1CC1. The Morgan fingerprint density at radius 2 is 2.19 bits per heavy atom. The van der Waals surface area contributed by atoms with Gasteiger partial charge in [0.05, 0.1) is 5.69 Å². The lowest BCUT2D eigenvalue weighted by atomic mass is 10.2. The van der Waals surface area contributed by atoms with Gasteiger partial charge in [-0.25, -0.2) is 0 Å². The Balaban J connectivity index is 1.98. The van der Waals surface area contributed by atoms with Crippen molar-refractivity contribution in [3.8, 4) is 0 Å². The highest BCUT2D eigenvalue weighted by molar-refractivity contribution is 7.21. The maximum Gasteiger partial charge on any atom is 0.266 e. The van der Waals surface area contributed by atoms with Crippen molar-refractivity contribution in [2.45, 2.75) is 32.7 Å². The van der Waals surface area contributed by atoms with Crippen LogP contribution in [0.3, 0.4) is 0 Å². The second-order valence-corrected chi connectivity index (χ2v) is 7.56. The molecule has 1 fully saturated rings. The van der Waals surface area contributed by atoms with Gasteiger partial charge >= 0.3 is 0 Å². The molecule has 1 heterocycles. The van der Waals surface area contributed by atoms with Gasteiger partial charge in [0.2, 0.25) is 0 Å². The molecule has 0 spiro atoms. The van der Waals surface area contributed by atoms with Crippen LogP contribution in [0, 0.1) is 5.92 Å². The molecule has 3 nitrogen and oxygen atoms in total. The number of anilines is 1. The molecule has 3 rings (SSSR count). The second kappa shape index (κ2) is 5.50.